The maximum Gasteiger partial charge on any atom is 0.269 e. The lowest BCUT2D eigenvalue weighted by atomic mass is 10.3. The summed E-state index contributed by atoms with van der Waals surface area (Å²) in [5.41, 5.74) is 6.25. The number of non-ortho nitro benzene ring substituents is 1. The number of nitrogens with two attached hydrogens (primary N) is 1. The third-order valence-corrected chi connectivity index (χ3v) is 2.00. The number of nitrogens with zero attached hydrogens (tertiary/aromatic N) is 3. The molecule has 3 N–H and O–H groups in total. The summed E-state index contributed by atoms with van der Waals surface area (Å²) in [5.74, 6) is 0.341. The van der Waals surface area contributed by atoms with Crippen molar-refractivity contribution in [1.82, 2.24) is 5.32 Å². The van der Waals surface area contributed by atoms with Crippen LogP contribution in [0.2, 0.25) is 0 Å². The molecular weight excluding hydrogens is 198 g/mol. The molecule has 1 aliphatic heterocycles. The molecule has 0 saturated heterocycles. The average Bonchev–Trinajstić information content (AvgIpc) is 2.65. The van der Waals surface area contributed by atoms with Crippen molar-refractivity contribution in [3.63, 3.8) is 0 Å². The van der Waals surface area contributed by atoms with Crippen molar-refractivity contribution in [3.8, 4) is 0 Å². The molecule has 1 aromatic carbocycles. The largest absolute Gasteiger partial charge is 0.368 e. The van der Waals surface area contributed by atoms with Crippen molar-refractivity contribution in [3.05, 3.63) is 34.4 Å². The van der Waals surface area contributed by atoms with Crippen LogP contribution in [0.4, 0.5) is 11.4 Å². The van der Waals surface area contributed by atoms with Crippen LogP contribution < -0.4 is 16.1 Å². The molecule has 2 rings (SSSR count). The minimum atomic E-state index is -0.441. The third kappa shape index (κ3) is 1.80. The van der Waals surface area contributed by atoms with Crippen LogP contribution in [0.5, 0.6) is 0 Å². The van der Waals surface area contributed by atoms with Crippen LogP contribution in [0.3, 0.4) is 0 Å². The molecule has 0 saturated carbocycles. The Kier molecular flexibility index (Phi) is 2.13. The van der Waals surface area contributed by atoms with Crippen LogP contribution in [0.15, 0.2) is 29.4 Å². The zero-order chi connectivity index (χ0) is 10.8. The van der Waals surface area contributed by atoms with E-state index in [0.29, 0.717) is 12.6 Å². The normalized spacial score (nSPS) is 14.7. The molecular formula is C8H9N5O2. The number of nitrogens with one attached hydrogen (secondary N) is 1. The van der Waals surface area contributed by atoms with Gasteiger partial charge in [-0.1, -0.05) is 0 Å². The second kappa shape index (κ2) is 3.45. The van der Waals surface area contributed by atoms with E-state index in [-0.39, 0.29) is 5.69 Å². The van der Waals surface area contributed by atoms with Gasteiger partial charge in [-0.25, -0.2) is 5.01 Å². The van der Waals surface area contributed by atoms with E-state index in [1.807, 2.05) is 0 Å². The number of nitro groups is 1. The van der Waals surface area contributed by atoms with Gasteiger partial charge in [-0.3, -0.25) is 10.1 Å². The fourth-order valence-electron chi connectivity index (χ4n) is 1.25. The maximum atomic E-state index is 10.4. The van der Waals surface area contributed by atoms with Gasteiger partial charge >= 0.3 is 0 Å². The summed E-state index contributed by atoms with van der Waals surface area (Å²) in [6.45, 7) is 0.476. The lowest BCUT2D eigenvalue weighted by molar-refractivity contribution is -0.384. The highest BCUT2D eigenvalue weighted by atomic mass is 16.6. The Balaban J connectivity index is 2.21. The van der Waals surface area contributed by atoms with Gasteiger partial charge in [0.15, 0.2) is 0 Å². The SMILES string of the molecule is NC1=NN(c2ccc([N+](=O)[O-])cc2)CN1. The number of hydrazone groups is 1. The summed E-state index contributed by atoms with van der Waals surface area (Å²) < 4.78 is 0. The fraction of sp³-hybridized carbons (Fsp3) is 0.125. The van der Waals surface area contributed by atoms with Gasteiger partial charge in [0, 0.05) is 12.1 Å². The van der Waals surface area contributed by atoms with Gasteiger partial charge in [-0.15, -0.1) is 5.10 Å². The predicted octanol–water partition coefficient (Wildman–Crippen LogP) is 0.192. The van der Waals surface area contributed by atoms with Crippen molar-refractivity contribution < 1.29 is 4.92 Å². The number of hydrogen-bond donors (Lipinski definition) is 2. The Hall–Kier alpha value is -2.31. The first-order valence-electron chi connectivity index (χ1n) is 4.27. The monoisotopic (exact) mass is 207 g/mol. The van der Waals surface area contributed by atoms with E-state index >= 15 is 0 Å². The molecule has 0 fully saturated rings. The van der Waals surface area contributed by atoms with E-state index in [1.165, 1.54) is 12.1 Å². The molecule has 0 aromatic heterocycles. The van der Waals surface area contributed by atoms with Gasteiger partial charge in [-0.2, -0.15) is 0 Å². The summed E-state index contributed by atoms with van der Waals surface area (Å²) in [6.07, 6.45) is 0. The molecule has 0 spiro atoms. The van der Waals surface area contributed by atoms with Crippen LogP contribution in [-0.2, 0) is 0 Å². The van der Waals surface area contributed by atoms with Gasteiger partial charge in [-0.05, 0) is 12.1 Å². The highest BCUT2D eigenvalue weighted by molar-refractivity contribution is 5.81. The van der Waals surface area contributed by atoms with Crippen LogP contribution >= 0.6 is 0 Å². The van der Waals surface area contributed by atoms with Crippen molar-refractivity contribution in [2.75, 3.05) is 11.7 Å². The zero-order valence-corrected chi connectivity index (χ0v) is 7.75. The highest BCUT2D eigenvalue weighted by Gasteiger charge is 2.13. The van der Waals surface area contributed by atoms with E-state index in [2.05, 4.69) is 10.4 Å². The summed E-state index contributed by atoms with van der Waals surface area (Å²) in [6, 6.07) is 6.11. The topological polar surface area (TPSA) is 96.8 Å². The summed E-state index contributed by atoms with van der Waals surface area (Å²) in [5, 5.41) is 18.8. The average molecular weight is 207 g/mol. The van der Waals surface area contributed by atoms with E-state index < -0.39 is 4.92 Å². The number of hydrogen-bond acceptors (Lipinski definition) is 6. The minimum absolute atomic E-state index is 0.0582. The predicted molar refractivity (Wildman–Crippen MR) is 55.2 cm³/mol. The van der Waals surface area contributed by atoms with Gasteiger partial charge in [0.1, 0.15) is 6.67 Å². The molecule has 0 amide bonds. The molecule has 0 aliphatic carbocycles. The molecule has 15 heavy (non-hydrogen) atoms. The Morgan fingerprint density at radius 3 is 2.60 bits per heavy atom. The standard InChI is InChI=1S/C8H9N5O2/c9-8-10-5-12(11-8)6-1-3-7(4-2-6)13(14)15/h1-4H,5H2,(H3,9,10,11). The Bertz CT molecular complexity index is 414. The van der Waals surface area contributed by atoms with Crippen LogP contribution in [0.1, 0.15) is 0 Å². The maximum absolute atomic E-state index is 10.4. The lowest BCUT2D eigenvalue weighted by Gasteiger charge is -2.11. The van der Waals surface area contributed by atoms with Gasteiger partial charge in [0.05, 0.1) is 10.6 Å². The third-order valence-electron chi connectivity index (χ3n) is 2.00. The first kappa shape index (κ1) is 9.25. The minimum Gasteiger partial charge on any atom is -0.368 e. The number of nitro benzene ring substituents is 1. The molecule has 1 heterocycles. The smallest absolute Gasteiger partial charge is 0.269 e. The van der Waals surface area contributed by atoms with Crippen molar-refractivity contribution >= 4 is 17.3 Å². The van der Waals surface area contributed by atoms with Crippen molar-refractivity contribution in [2.24, 2.45) is 10.8 Å². The van der Waals surface area contributed by atoms with E-state index in [0.717, 1.165) is 5.69 Å². The molecule has 7 nitrogen and oxygen atoms in total. The van der Waals surface area contributed by atoms with E-state index in [4.69, 9.17) is 5.73 Å². The zero-order valence-electron chi connectivity index (χ0n) is 7.75. The Morgan fingerprint density at radius 1 is 1.47 bits per heavy atom. The first-order valence-corrected chi connectivity index (χ1v) is 4.27. The lowest BCUT2D eigenvalue weighted by Crippen LogP contribution is -2.28. The molecule has 0 radical (unpaired) electrons. The summed E-state index contributed by atoms with van der Waals surface area (Å²) in [7, 11) is 0. The molecule has 0 unspecified atom stereocenters. The summed E-state index contributed by atoms with van der Waals surface area (Å²) >= 11 is 0. The van der Waals surface area contributed by atoms with Crippen LogP contribution in [-0.4, -0.2) is 17.6 Å². The van der Waals surface area contributed by atoms with Gasteiger partial charge in [0.2, 0.25) is 5.96 Å². The molecule has 0 bridgehead atoms. The number of rotatable bonds is 2. The second-order valence-electron chi connectivity index (χ2n) is 2.99. The van der Waals surface area contributed by atoms with E-state index in [1.54, 1.807) is 17.1 Å². The molecule has 7 heteroatoms. The van der Waals surface area contributed by atoms with Crippen molar-refractivity contribution in [2.45, 2.75) is 0 Å². The van der Waals surface area contributed by atoms with E-state index in [9.17, 15) is 10.1 Å². The van der Waals surface area contributed by atoms with Gasteiger partial charge in [0.25, 0.3) is 5.69 Å². The highest BCUT2D eigenvalue weighted by Crippen LogP contribution is 2.19. The molecule has 1 aliphatic rings. The Labute approximate surface area is 85.3 Å². The fourth-order valence-corrected chi connectivity index (χ4v) is 1.25. The quantitative estimate of drug-likeness (QED) is 0.533. The van der Waals surface area contributed by atoms with Crippen molar-refractivity contribution in [1.29, 1.82) is 0 Å². The van der Waals surface area contributed by atoms with Gasteiger partial charge < -0.3 is 11.1 Å². The second-order valence-corrected chi connectivity index (χ2v) is 2.99. The first-order chi connectivity index (χ1) is 7.16. The number of anilines is 1. The molecule has 0 atom stereocenters. The van der Waals surface area contributed by atoms with Crippen LogP contribution in [0, 0.1) is 10.1 Å². The molecule has 78 valence electrons. The summed E-state index contributed by atoms with van der Waals surface area (Å²) in [4.78, 5) is 9.98. The van der Waals surface area contributed by atoms with Crippen LogP contribution in [0.25, 0.3) is 0 Å². The molecule has 1 aromatic rings. The number of benzene rings is 1. The Morgan fingerprint density at radius 2 is 2.13 bits per heavy atom. The number of guanidine groups is 1.